The third-order valence-electron chi connectivity index (χ3n) is 4.77. The van der Waals surface area contributed by atoms with Gasteiger partial charge in [0.05, 0.1) is 11.4 Å². The second-order valence-electron chi connectivity index (χ2n) is 6.70. The lowest BCUT2D eigenvalue weighted by molar-refractivity contribution is -0.305. The largest absolute Gasteiger partial charge is 0.760 e. The summed E-state index contributed by atoms with van der Waals surface area (Å²) in [5.74, 6) is 0. The fourth-order valence-electron chi connectivity index (χ4n) is 3.20. The molecule has 1 aromatic carbocycles. The summed E-state index contributed by atoms with van der Waals surface area (Å²) in [7, 11) is 0. The van der Waals surface area contributed by atoms with Crippen LogP contribution >= 0.6 is 0 Å². The van der Waals surface area contributed by atoms with E-state index >= 15 is 0 Å². The molecule has 1 aromatic rings. The van der Waals surface area contributed by atoms with Crippen LogP contribution in [0.15, 0.2) is 59.4 Å². The molecule has 0 saturated heterocycles. The summed E-state index contributed by atoms with van der Waals surface area (Å²) in [6.07, 6.45) is 9.66. The Bertz CT molecular complexity index is 676. The number of rotatable bonds is 9. The fraction of sp³-hybridized carbons (Fsp3) is 0.421. The van der Waals surface area contributed by atoms with E-state index in [0.717, 1.165) is 18.0 Å². The summed E-state index contributed by atoms with van der Waals surface area (Å²) in [6.45, 7) is 3.45. The molecule has 0 bridgehead atoms. The monoisotopic (exact) mass is 387 g/mol. The molecule has 0 unspecified atom stereocenters. The summed E-state index contributed by atoms with van der Waals surface area (Å²) in [6, 6.07) is 8.48. The second-order valence-corrected chi connectivity index (χ2v) is 6.70. The van der Waals surface area contributed by atoms with E-state index in [1.54, 1.807) is 12.1 Å². The fourth-order valence-corrected chi connectivity index (χ4v) is 3.20. The van der Waals surface area contributed by atoms with E-state index in [4.69, 9.17) is 9.88 Å². The van der Waals surface area contributed by atoms with Gasteiger partial charge in [0.25, 0.3) is 0 Å². The van der Waals surface area contributed by atoms with Crippen LogP contribution in [0.4, 0.5) is 5.69 Å². The van der Waals surface area contributed by atoms with Crippen molar-refractivity contribution in [2.75, 3.05) is 5.48 Å². The topological polar surface area (TPSA) is 98.7 Å². The van der Waals surface area contributed by atoms with Crippen LogP contribution in [0.3, 0.4) is 0 Å². The van der Waals surface area contributed by atoms with Gasteiger partial charge in [0, 0.05) is 18.8 Å². The number of nitrogens with zero attached hydrogens (tertiary/aromatic N) is 4. The second kappa shape index (κ2) is 10.3. The highest BCUT2D eigenvalue weighted by molar-refractivity contribution is 5.39. The van der Waals surface area contributed by atoms with E-state index < -0.39 is 0 Å². The summed E-state index contributed by atoms with van der Waals surface area (Å²) in [4.78, 5) is 10.4. The van der Waals surface area contributed by atoms with Crippen LogP contribution in [0.25, 0.3) is 0 Å². The molecule has 0 aromatic heterocycles. The molecular formula is C19H25N5O4-2. The lowest BCUT2D eigenvalue weighted by Gasteiger charge is -2.44. The molecule has 0 atom stereocenters. The number of para-hydroxylation sites is 1. The Morgan fingerprint density at radius 3 is 2.29 bits per heavy atom. The van der Waals surface area contributed by atoms with Crippen molar-refractivity contribution in [2.24, 2.45) is 5.10 Å². The molecule has 0 amide bonds. The molecule has 0 spiro atoms. The van der Waals surface area contributed by atoms with Crippen LogP contribution in [0.1, 0.15) is 38.5 Å². The van der Waals surface area contributed by atoms with Gasteiger partial charge in [-0.15, -0.1) is 5.17 Å². The Labute approximate surface area is 164 Å². The Kier molecular flexibility index (Phi) is 7.54. The number of hydrazone groups is 1. The van der Waals surface area contributed by atoms with Crippen LogP contribution in [0, 0.1) is 10.4 Å². The van der Waals surface area contributed by atoms with Gasteiger partial charge >= 0.3 is 0 Å². The number of hydroxylamine groups is 5. The molecule has 1 saturated carbocycles. The Morgan fingerprint density at radius 1 is 1.00 bits per heavy atom. The zero-order valence-corrected chi connectivity index (χ0v) is 15.6. The van der Waals surface area contributed by atoms with Gasteiger partial charge in [0.15, 0.2) is 0 Å². The summed E-state index contributed by atoms with van der Waals surface area (Å²) < 4.78 is 0. The van der Waals surface area contributed by atoms with Crippen molar-refractivity contribution in [3.8, 4) is 0 Å². The average molecular weight is 387 g/mol. The van der Waals surface area contributed by atoms with Crippen molar-refractivity contribution in [3.05, 3.63) is 64.7 Å². The van der Waals surface area contributed by atoms with Gasteiger partial charge in [-0.2, -0.15) is 15.0 Å². The maximum atomic E-state index is 12.4. The lowest BCUT2D eigenvalue weighted by Crippen LogP contribution is -2.42. The first-order chi connectivity index (χ1) is 13.7. The zero-order valence-electron chi connectivity index (χ0n) is 15.6. The molecule has 1 fully saturated rings. The van der Waals surface area contributed by atoms with Gasteiger partial charge in [0.2, 0.25) is 0 Å². The summed E-state index contributed by atoms with van der Waals surface area (Å²) in [5, 5.41) is 30.5. The molecule has 1 N–H and O–H groups in total. The van der Waals surface area contributed by atoms with E-state index in [1.807, 2.05) is 36.4 Å². The molecule has 0 heterocycles. The minimum absolute atomic E-state index is 0.321. The maximum Gasteiger partial charge on any atom is 0.0877 e. The average Bonchev–Trinajstić information content (AvgIpc) is 2.77. The molecule has 2 aliphatic rings. The standard InChI is InChI=1S/C19H25N5O4/c1-20-22(17-10-6-3-7-11-17)28-24(26)19-14-12-18(13-15-19)23(25)27-21-16-8-4-2-5-9-16/h2,4-6,8-11,18-19,21H,1,3,7,12-15H2/q-2. The number of hydrogen-bond acceptors (Lipinski definition) is 9. The number of nitrogens with one attached hydrogen (secondary N) is 1. The number of benzene rings is 1. The van der Waals surface area contributed by atoms with E-state index in [2.05, 4.69) is 17.3 Å². The van der Waals surface area contributed by atoms with Gasteiger partial charge in [-0.25, -0.2) is 15.9 Å². The highest BCUT2D eigenvalue weighted by atomic mass is 17.0. The molecule has 0 radical (unpaired) electrons. The summed E-state index contributed by atoms with van der Waals surface area (Å²) in [5.41, 5.74) is 4.00. The van der Waals surface area contributed by atoms with Gasteiger partial charge in [0.1, 0.15) is 0 Å². The third-order valence-corrected chi connectivity index (χ3v) is 4.77. The highest BCUT2D eigenvalue weighted by Crippen LogP contribution is 2.27. The van der Waals surface area contributed by atoms with Crippen LogP contribution in [-0.2, 0) is 9.88 Å². The van der Waals surface area contributed by atoms with Crippen LogP contribution in [0.5, 0.6) is 0 Å². The Hall–Kier alpha value is -2.27. The lowest BCUT2D eigenvalue weighted by atomic mass is 9.92. The van der Waals surface area contributed by atoms with E-state index in [-0.39, 0.29) is 12.1 Å². The third kappa shape index (κ3) is 5.61. The van der Waals surface area contributed by atoms with Crippen LogP contribution in [0.2, 0.25) is 0 Å². The highest BCUT2D eigenvalue weighted by Gasteiger charge is 2.25. The van der Waals surface area contributed by atoms with Gasteiger partial charge in [-0.1, -0.05) is 30.4 Å². The predicted octanol–water partition coefficient (Wildman–Crippen LogP) is 3.85. The van der Waals surface area contributed by atoms with Gasteiger partial charge < -0.3 is 10.4 Å². The zero-order chi connectivity index (χ0) is 19.8. The number of anilines is 1. The van der Waals surface area contributed by atoms with Crippen molar-refractivity contribution in [3.63, 3.8) is 0 Å². The smallest absolute Gasteiger partial charge is 0.0877 e. The van der Waals surface area contributed by atoms with Crippen molar-refractivity contribution >= 4 is 12.4 Å². The van der Waals surface area contributed by atoms with Crippen LogP contribution in [-0.4, -0.2) is 34.4 Å². The normalized spacial score (nSPS) is 22.2. The van der Waals surface area contributed by atoms with E-state index in [1.165, 1.54) is 0 Å². The Balaban J connectivity index is 1.43. The quantitative estimate of drug-likeness (QED) is 0.504. The van der Waals surface area contributed by atoms with E-state index in [9.17, 15) is 10.4 Å². The van der Waals surface area contributed by atoms with Crippen molar-refractivity contribution in [1.82, 2.24) is 15.6 Å². The minimum atomic E-state index is -0.357. The number of hydrogen-bond donors (Lipinski definition) is 1. The molecule has 9 nitrogen and oxygen atoms in total. The first-order valence-electron chi connectivity index (χ1n) is 9.39. The predicted molar refractivity (Wildman–Crippen MR) is 107 cm³/mol. The van der Waals surface area contributed by atoms with Gasteiger partial charge in [-0.3, -0.25) is 0 Å². The maximum absolute atomic E-state index is 12.4. The summed E-state index contributed by atoms with van der Waals surface area (Å²) >= 11 is 0. The van der Waals surface area contributed by atoms with Crippen molar-refractivity contribution < 1.29 is 9.88 Å². The van der Waals surface area contributed by atoms with Gasteiger partial charge in [-0.05, 0) is 56.7 Å². The number of allylic oxidation sites excluding steroid dienone is 3. The molecule has 9 heteroatoms. The molecule has 152 valence electrons. The Morgan fingerprint density at radius 2 is 1.68 bits per heavy atom. The molecule has 3 rings (SSSR count). The van der Waals surface area contributed by atoms with Crippen LogP contribution < -0.4 is 5.48 Å². The molecule has 28 heavy (non-hydrogen) atoms. The molecule has 2 aliphatic carbocycles. The van der Waals surface area contributed by atoms with Crippen molar-refractivity contribution in [2.45, 2.75) is 50.6 Å². The minimum Gasteiger partial charge on any atom is -0.760 e. The van der Waals surface area contributed by atoms with E-state index in [0.29, 0.717) is 47.5 Å². The van der Waals surface area contributed by atoms with Crippen molar-refractivity contribution in [1.29, 1.82) is 0 Å². The molecular weight excluding hydrogens is 362 g/mol. The first-order valence-corrected chi connectivity index (χ1v) is 9.39. The first kappa shape index (κ1) is 20.5. The molecule has 0 aliphatic heterocycles. The SMILES string of the molecule is C=NN(ON([O-])C1CCC(N([O-])ONc2ccccc2)CC1)C1=CCCC=C1.